The molecule has 42 heavy (non-hydrogen) atoms. The number of aliphatic hydroxyl groups is 2. The first-order valence-electron chi connectivity index (χ1n) is 17.9. The molecule has 8 fully saturated rings. The summed E-state index contributed by atoms with van der Waals surface area (Å²) in [6.07, 6.45) is 14.6. The van der Waals surface area contributed by atoms with Gasteiger partial charge in [-0.25, -0.2) is 0 Å². The molecule has 0 radical (unpaired) electrons. The van der Waals surface area contributed by atoms with E-state index in [1.807, 2.05) is 0 Å². The smallest absolute Gasteiger partial charge is 0.306 e. The molecule has 234 valence electrons. The highest BCUT2D eigenvalue weighted by atomic mass is 16.5. The van der Waals surface area contributed by atoms with Crippen LogP contribution in [0.25, 0.3) is 0 Å². The van der Waals surface area contributed by atoms with Gasteiger partial charge in [-0.2, -0.15) is 0 Å². The van der Waals surface area contributed by atoms with E-state index < -0.39 is 5.60 Å². The Labute approximate surface area is 253 Å². The van der Waals surface area contributed by atoms with Crippen LogP contribution in [0.5, 0.6) is 0 Å². The Hall–Kier alpha value is -0.940. The first kappa shape index (κ1) is 28.5. The van der Waals surface area contributed by atoms with E-state index in [1.165, 1.54) is 12.8 Å². The fraction of sp³-hybridized carbons (Fsp3) is 0.946. The molecule has 5 nitrogen and oxygen atoms in total. The summed E-state index contributed by atoms with van der Waals surface area (Å²) in [6, 6.07) is 0. The van der Waals surface area contributed by atoms with E-state index in [0.717, 1.165) is 64.2 Å². The maximum absolute atomic E-state index is 13.5. The van der Waals surface area contributed by atoms with E-state index in [-0.39, 0.29) is 39.7 Å². The van der Waals surface area contributed by atoms with Gasteiger partial charge in [-0.15, -0.1) is 0 Å². The van der Waals surface area contributed by atoms with Gasteiger partial charge in [0.25, 0.3) is 0 Å². The van der Waals surface area contributed by atoms with E-state index in [4.69, 9.17) is 4.74 Å². The minimum atomic E-state index is -0.805. The van der Waals surface area contributed by atoms with Gasteiger partial charge in [0.05, 0.1) is 18.3 Å². The SMILES string of the molecule is C[C@]12C(CC[C@@H]3[C@@H]1CC[C@]1(C)[C@@H](O)CC[C@@H]31)CC(=O)CC2C1(O)CC[C@H]2[C@@H]3CCC4CC(=O)OC[C@]4(C)[C@@H]3CC[C@@]21C. The highest BCUT2D eigenvalue weighted by Crippen LogP contribution is 2.74. The van der Waals surface area contributed by atoms with Gasteiger partial charge >= 0.3 is 5.97 Å². The van der Waals surface area contributed by atoms with E-state index >= 15 is 0 Å². The topological polar surface area (TPSA) is 83.8 Å². The Kier molecular flexibility index (Phi) is 6.17. The highest BCUT2D eigenvalue weighted by Gasteiger charge is 2.72. The molecule has 7 saturated carbocycles. The van der Waals surface area contributed by atoms with Crippen molar-refractivity contribution in [3.05, 3.63) is 0 Å². The van der Waals surface area contributed by atoms with Crippen LogP contribution in [0.2, 0.25) is 0 Å². The molecule has 2 N–H and O–H groups in total. The summed E-state index contributed by atoms with van der Waals surface area (Å²) in [7, 11) is 0. The zero-order chi connectivity index (χ0) is 29.4. The predicted molar refractivity (Wildman–Crippen MR) is 160 cm³/mol. The molecule has 4 unspecified atom stereocenters. The lowest BCUT2D eigenvalue weighted by molar-refractivity contribution is -0.233. The Morgan fingerprint density at radius 2 is 1.33 bits per heavy atom. The Morgan fingerprint density at radius 1 is 0.667 bits per heavy atom. The standard InChI is InChI=1S/C37H56O5/c1-33-14-11-29-25(26(33)9-10-31(33)39)8-6-22-17-23(38)19-30(36(22,29)4)37(41)16-13-28-24-7-5-21-18-32(40)42-20-34(21,2)27(24)12-15-35(28,37)3/h21-22,24-31,39,41H,5-20H2,1-4H3/t21?,22?,24-,25+,26+,27-,28+,29+,30?,31+,33+,34+,35+,36+,37?/m1/s1. The third-order valence-electron chi connectivity index (χ3n) is 17.4. The average Bonchev–Trinajstić information content (AvgIpc) is 3.41. The average molecular weight is 581 g/mol. The van der Waals surface area contributed by atoms with Crippen molar-refractivity contribution < 1.29 is 24.5 Å². The van der Waals surface area contributed by atoms with Crippen molar-refractivity contribution in [3.8, 4) is 0 Å². The van der Waals surface area contributed by atoms with Crippen molar-refractivity contribution in [2.75, 3.05) is 6.61 Å². The Balaban J connectivity index is 1.14. The normalized spacial score (nSPS) is 60.3. The predicted octanol–water partition coefficient (Wildman–Crippen LogP) is 6.72. The summed E-state index contributed by atoms with van der Waals surface area (Å²) in [6.45, 7) is 10.3. The van der Waals surface area contributed by atoms with Gasteiger partial charge in [-0.3, -0.25) is 9.59 Å². The van der Waals surface area contributed by atoms with Gasteiger partial charge < -0.3 is 14.9 Å². The number of fused-ring (bicyclic) bond motifs is 10. The lowest BCUT2D eigenvalue weighted by atomic mass is 9.38. The number of ether oxygens (including phenoxy) is 1. The van der Waals surface area contributed by atoms with Crippen LogP contribution in [-0.2, 0) is 14.3 Å². The van der Waals surface area contributed by atoms with Crippen LogP contribution < -0.4 is 0 Å². The number of aliphatic hydroxyl groups excluding tert-OH is 1. The molecule has 5 heteroatoms. The van der Waals surface area contributed by atoms with Crippen molar-refractivity contribution in [2.24, 2.45) is 74.9 Å². The Morgan fingerprint density at radius 3 is 2.12 bits per heavy atom. The summed E-state index contributed by atoms with van der Waals surface area (Å²) >= 11 is 0. The van der Waals surface area contributed by atoms with Crippen molar-refractivity contribution in [2.45, 2.75) is 136 Å². The second-order valence-corrected chi connectivity index (χ2v) is 18.1. The number of cyclic esters (lactones) is 1. The zero-order valence-electron chi connectivity index (χ0n) is 26.7. The lowest BCUT2D eigenvalue weighted by Gasteiger charge is -2.67. The molecule has 15 atom stereocenters. The number of Topliss-reactive ketones (excluding diaryl/α,β-unsaturated/α-hetero) is 1. The van der Waals surface area contributed by atoms with Crippen LogP contribution in [-0.4, -0.2) is 40.3 Å². The minimum absolute atomic E-state index is 0.0162. The first-order valence-corrected chi connectivity index (χ1v) is 17.9. The lowest BCUT2D eigenvalue weighted by Crippen LogP contribution is -2.66. The highest BCUT2D eigenvalue weighted by molar-refractivity contribution is 5.80. The van der Waals surface area contributed by atoms with Crippen molar-refractivity contribution in [1.82, 2.24) is 0 Å². The van der Waals surface area contributed by atoms with Crippen LogP contribution in [0.15, 0.2) is 0 Å². The summed E-state index contributed by atoms with van der Waals surface area (Å²) < 4.78 is 5.71. The van der Waals surface area contributed by atoms with Gasteiger partial charge in [0.15, 0.2) is 0 Å². The van der Waals surface area contributed by atoms with Crippen LogP contribution in [0.3, 0.4) is 0 Å². The third-order valence-corrected chi connectivity index (χ3v) is 17.4. The fourth-order valence-electron chi connectivity index (χ4n) is 15.0. The molecular weight excluding hydrogens is 524 g/mol. The molecule has 1 saturated heterocycles. The monoisotopic (exact) mass is 580 g/mol. The molecule has 1 heterocycles. The van der Waals surface area contributed by atoms with Crippen LogP contribution >= 0.6 is 0 Å². The van der Waals surface area contributed by atoms with Gasteiger partial charge in [0.1, 0.15) is 5.78 Å². The fourth-order valence-corrected chi connectivity index (χ4v) is 15.0. The van der Waals surface area contributed by atoms with Crippen molar-refractivity contribution >= 4 is 11.8 Å². The molecule has 0 aromatic rings. The van der Waals surface area contributed by atoms with E-state index in [0.29, 0.717) is 79.0 Å². The number of carbonyl (C=O) groups excluding carboxylic acids is 2. The molecule has 0 aromatic heterocycles. The third kappa shape index (κ3) is 3.40. The van der Waals surface area contributed by atoms with Crippen molar-refractivity contribution in [1.29, 1.82) is 0 Å². The molecule has 0 bridgehead atoms. The van der Waals surface area contributed by atoms with Gasteiger partial charge in [-0.05, 0) is 141 Å². The van der Waals surface area contributed by atoms with Gasteiger partial charge in [-0.1, -0.05) is 27.7 Å². The summed E-state index contributed by atoms with van der Waals surface area (Å²) in [5, 5.41) is 24.3. The van der Waals surface area contributed by atoms with E-state index in [2.05, 4.69) is 27.7 Å². The van der Waals surface area contributed by atoms with Crippen LogP contribution in [0, 0.1) is 74.9 Å². The van der Waals surface area contributed by atoms with Crippen LogP contribution in [0.1, 0.15) is 124 Å². The summed E-state index contributed by atoms with van der Waals surface area (Å²) in [4.78, 5) is 25.7. The molecular formula is C37H56O5. The molecule has 7 aliphatic carbocycles. The quantitative estimate of drug-likeness (QED) is 0.336. The Bertz CT molecular complexity index is 1170. The molecule has 1 aliphatic heterocycles. The summed E-state index contributed by atoms with van der Waals surface area (Å²) in [5.74, 6) is 4.60. The number of esters is 1. The second-order valence-electron chi connectivity index (χ2n) is 18.1. The minimum Gasteiger partial charge on any atom is -0.465 e. The van der Waals surface area contributed by atoms with Crippen molar-refractivity contribution in [3.63, 3.8) is 0 Å². The zero-order valence-corrected chi connectivity index (χ0v) is 26.7. The molecule has 0 aromatic carbocycles. The van der Waals surface area contributed by atoms with E-state index in [9.17, 15) is 19.8 Å². The largest absolute Gasteiger partial charge is 0.465 e. The number of rotatable bonds is 1. The maximum Gasteiger partial charge on any atom is 0.306 e. The molecule has 8 rings (SSSR count). The van der Waals surface area contributed by atoms with Gasteiger partial charge in [0, 0.05) is 30.6 Å². The number of hydrogen-bond donors (Lipinski definition) is 2. The maximum atomic E-state index is 13.5. The number of hydrogen-bond acceptors (Lipinski definition) is 5. The van der Waals surface area contributed by atoms with Crippen LogP contribution in [0.4, 0.5) is 0 Å². The molecule has 8 aliphatic rings. The molecule has 0 spiro atoms. The van der Waals surface area contributed by atoms with Gasteiger partial charge in [0.2, 0.25) is 0 Å². The first-order chi connectivity index (χ1) is 19.9. The molecule has 0 amide bonds. The second kappa shape index (κ2) is 9.08. The number of ketones is 1. The van der Waals surface area contributed by atoms with E-state index in [1.54, 1.807) is 0 Å². The number of carbonyl (C=O) groups is 2. The summed E-state index contributed by atoms with van der Waals surface area (Å²) in [5.41, 5.74) is -0.880.